The zero-order chi connectivity index (χ0) is 15.5. The topological polar surface area (TPSA) is 55.4 Å². The van der Waals surface area contributed by atoms with Crippen LogP contribution in [0.3, 0.4) is 0 Å². The molecule has 1 N–H and O–H groups in total. The van der Waals surface area contributed by atoms with Crippen LogP contribution >= 0.6 is 15.9 Å². The molecule has 0 radical (unpaired) electrons. The second-order valence-corrected chi connectivity index (χ2v) is 5.66. The Bertz CT molecular complexity index is 463. The second-order valence-electron chi connectivity index (χ2n) is 4.81. The Morgan fingerprint density at radius 3 is 2.62 bits per heavy atom. The molecule has 116 valence electrons. The number of halogens is 1. The smallest absolute Gasteiger partial charge is 0.305 e. The normalized spacial score (nSPS) is 10.2. The van der Waals surface area contributed by atoms with E-state index in [-0.39, 0.29) is 18.3 Å². The summed E-state index contributed by atoms with van der Waals surface area (Å²) in [6.45, 7) is 2.58. The van der Waals surface area contributed by atoms with Crippen LogP contribution < -0.4 is 5.32 Å². The molecule has 0 fully saturated rings. The maximum Gasteiger partial charge on any atom is 0.305 e. The number of hydrogen-bond donors (Lipinski definition) is 1. The van der Waals surface area contributed by atoms with Gasteiger partial charge in [0.05, 0.1) is 12.3 Å². The van der Waals surface area contributed by atoms with Crippen molar-refractivity contribution in [3.05, 3.63) is 28.7 Å². The summed E-state index contributed by atoms with van der Waals surface area (Å²) in [4.78, 5) is 23.2. The number of anilines is 1. The molecule has 0 heterocycles. The summed E-state index contributed by atoms with van der Waals surface area (Å²) in [5, 5.41) is 2.81. The number of rotatable bonds is 9. The number of carbonyl (C=O) groups excluding carboxylic acids is 2. The van der Waals surface area contributed by atoms with Gasteiger partial charge in [-0.15, -0.1) is 0 Å². The van der Waals surface area contributed by atoms with Gasteiger partial charge >= 0.3 is 5.97 Å². The van der Waals surface area contributed by atoms with E-state index < -0.39 is 0 Å². The van der Waals surface area contributed by atoms with Crippen LogP contribution in [-0.4, -0.2) is 18.5 Å². The fraction of sp³-hybridized carbons (Fsp3) is 0.500. The molecule has 4 nitrogen and oxygen atoms in total. The zero-order valence-corrected chi connectivity index (χ0v) is 13.9. The molecule has 1 aromatic rings. The maximum atomic E-state index is 11.8. The van der Waals surface area contributed by atoms with Crippen molar-refractivity contribution in [2.45, 2.75) is 45.4 Å². The molecule has 1 amide bonds. The minimum atomic E-state index is -0.222. The van der Waals surface area contributed by atoms with E-state index in [2.05, 4.69) is 28.2 Å². The van der Waals surface area contributed by atoms with Gasteiger partial charge in [0, 0.05) is 17.3 Å². The number of esters is 1. The van der Waals surface area contributed by atoms with Gasteiger partial charge in [-0.25, -0.2) is 0 Å². The van der Waals surface area contributed by atoms with E-state index in [4.69, 9.17) is 4.74 Å². The van der Waals surface area contributed by atoms with E-state index in [0.29, 0.717) is 19.4 Å². The van der Waals surface area contributed by atoms with E-state index in [0.717, 1.165) is 29.4 Å². The van der Waals surface area contributed by atoms with Gasteiger partial charge in [-0.1, -0.05) is 31.9 Å². The fourth-order valence-electron chi connectivity index (χ4n) is 1.78. The third kappa shape index (κ3) is 7.85. The van der Waals surface area contributed by atoms with Crippen LogP contribution in [0.5, 0.6) is 0 Å². The Kier molecular flexibility index (Phi) is 8.74. The third-order valence-electron chi connectivity index (χ3n) is 2.94. The highest BCUT2D eigenvalue weighted by Crippen LogP contribution is 2.21. The molecule has 0 aliphatic heterocycles. The first-order chi connectivity index (χ1) is 10.1. The molecular weight excluding hydrogens is 334 g/mol. The Balaban J connectivity index is 2.16. The summed E-state index contributed by atoms with van der Waals surface area (Å²) in [5.41, 5.74) is 0.740. The molecule has 0 aliphatic rings. The van der Waals surface area contributed by atoms with E-state index in [1.54, 1.807) is 0 Å². The van der Waals surface area contributed by atoms with E-state index in [1.807, 2.05) is 24.3 Å². The fourth-order valence-corrected chi connectivity index (χ4v) is 2.16. The first-order valence-corrected chi connectivity index (χ1v) is 8.12. The molecule has 1 aromatic carbocycles. The van der Waals surface area contributed by atoms with Gasteiger partial charge in [-0.05, 0) is 40.9 Å². The van der Waals surface area contributed by atoms with Crippen molar-refractivity contribution < 1.29 is 14.3 Å². The highest BCUT2D eigenvalue weighted by Gasteiger charge is 2.07. The van der Waals surface area contributed by atoms with Crippen molar-refractivity contribution in [1.29, 1.82) is 0 Å². The first-order valence-electron chi connectivity index (χ1n) is 7.33. The predicted octanol–water partition coefficient (Wildman–Crippen LogP) is 4.29. The molecular formula is C16H22BrNO3. The minimum absolute atomic E-state index is 0.0966. The lowest BCUT2D eigenvalue weighted by Crippen LogP contribution is -2.13. The Hall–Kier alpha value is -1.36. The van der Waals surface area contributed by atoms with Gasteiger partial charge in [-0.3, -0.25) is 9.59 Å². The molecule has 5 heteroatoms. The van der Waals surface area contributed by atoms with Crippen LogP contribution in [0, 0.1) is 0 Å². The molecule has 1 rings (SSSR count). The highest BCUT2D eigenvalue weighted by molar-refractivity contribution is 9.10. The number of para-hydroxylation sites is 1. The van der Waals surface area contributed by atoms with Gasteiger partial charge < -0.3 is 10.1 Å². The molecule has 0 aliphatic carbocycles. The summed E-state index contributed by atoms with van der Waals surface area (Å²) < 4.78 is 5.93. The highest BCUT2D eigenvalue weighted by atomic mass is 79.9. The average Bonchev–Trinajstić information content (AvgIpc) is 2.46. The van der Waals surface area contributed by atoms with Crippen molar-refractivity contribution in [1.82, 2.24) is 0 Å². The van der Waals surface area contributed by atoms with E-state index in [9.17, 15) is 9.59 Å². The maximum absolute atomic E-state index is 11.8. The summed E-state index contributed by atoms with van der Waals surface area (Å²) in [5.74, 6) is -0.319. The van der Waals surface area contributed by atoms with Crippen molar-refractivity contribution in [3.8, 4) is 0 Å². The molecule has 21 heavy (non-hydrogen) atoms. The van der Waals surface area contributed by atoms with Gasteiger partial charge in [0.15, 0.2) is 0 Å². The van der Waals surface area contributed by atoms with Crippen LogP contribution in [0.2, 0.25) is 0 Å². The lowest BCUT2D eigenvalue weighted by molar-refractivity contribution is -0.143. The SMILES string of the molecule is CCCCCOC(=O)CCCC(=O)Nc1ccccc1Br. The minimum Gasteiger partial charge on any atom is -0.466 e. The van der Waals surface area contributed by atoms with Gasteiger partial charge in [0.25, 0.3) is 0 Å². The van der Waals surface area contributed by atoms with Gasteiger partial charge in [0.1, 0.15) is 0 Å². The monoisotopic (exact) mass is 355 g/mol. The Labute approximate surface area is 134 Å². The molecule has 0 saturated heterocycles. The van der Waals surface area contributed by atoms with Crippen LogP contribution in [0.15, 0.2) is 28.7 Å². The Morgan fingerprint density at radius 1 is 1.14 bits per heavy atom. The van der Waals surface area contributed by atoms with Gasteiger partial charge in [-0.2, -0.15) is 0 Å². The number of benzene rings is 1. The molecule has 0 atom stereocenters. The second kappa shape index (κ2) is 10.4. The van der Waals surface area contributed by atoms with E-state index in [1.165, 1.54) is 0 Å². The van der Waals surface area contributed by atoms with Crippen LogP contribution in [0.25, 0.3) is 0 Å². The van der Waals surface area contributed by atoms with Crippen LogP contribution in [0.1, 0.15) is 45.4 Å². The van der Waals surface area contributed by atoms with Crippen LogP contribution in [-0.2, 0) is 14.3 Å². The number of nitrogens with one attached hydrogen (secondary N) is 1. The Morgan fingerprint density at radius 2 is 1.90 bits per heavy atom. The number of amides is 1. The van der Waals surface area contributed by atoms with Crippen LogP contribution in [0.4, 0.5) is 5.69 Å². The van der Waals surface area contributed by atoms with Crippen molar-refractivity contribution in [2.75, 3.05) is 11.9 Å². The largest absolute Gasteiger partial charge is 0.466 e. The first kappa shape index (κ1) is 17.7. The molecule has 0 bridgehead atoms. The van der Waals surface area contributed by atoms with Gasteiger partial charge in [0.2, 0.25) is 5.91 Å². The summed E-state index contributed by atoms with van der Waals surface area (Å²) in [6.07, 6.45) is 4.18. The number of carbonyl (C=O) groups is 2. The number of hydrogen-bond acceptors (Lipinski definition) is 3. The average molecular weight is 356 g/mol. The summed E-state index contributed by atoms with van der Waals surface area (Å²) in [7, 11) is 0. The summed E-state index contributed by atoms with van der Waals surface area (Å²) >= 11 is 3.37. The molecule has 0 saturated carbocycles. The predicted molar refractivity (Wildman–Crippen MR) is 87.1 cm³/mol. The number of ether oxygens (including phenoxy) is 1. The van der Waals surface area contributed by atoms with Crippen molar-refractivity contribution in [3.63, 3.8) is 0 Å². The molecule has 0 aromatic heterocycles. The van der Waals surface area contributed by atoms with Crippen molar-refractivity contribution in [2.24, 2.45) is 0 Å². The molecule has 0 spiro atoms. The standard InChI is InChI=1S/C16H22BrNO3/c1-2-3-6-12-21-16(20)11-7-10-15(19)18-14-9-5-4-8-13(14)17/h4-5,8-9H,2-3,6-7,10-12H2,1H3,(H,18,19). The lowest BCUT2D eigenvalue weighted by atomic mass is 10.2. The molecule has 0 unspecified atom stereocenters. The zero-order valence-electron chi connectivity index (χ0n) is 12.4. The quantitative estimate of drug-likeness (QED) is 0.530. The summed E-state index contributed by atoms with van der Waals surface area (Å²) in [6, 6.07) is 7.43. The van der Waals surface area contributed by atoms with Crippen molar-refractivity contribution >= 4 is 33.5 Å². The van der Waals surface area contributed by atoms with E-state index >= 15 is 0 Å². The number of unbranched alkanes of at least 4 members (excludes halogenated alkanes) is 2. The third-order valence-corrected chi connectivity index (χ3v) is 3.64. The lowest BCUT2D eigenvalue weighted by Gasteiger charge is -2.07.